The minimum Gasteiger partial charge on any atom is -0.483 e. The normalized spacial score (nSPS) is 20.8. The highest BCUT2D eigenvalue weighted by molar-refractivity contribution is 7.92. The summed E-state index contributed by atoms with van der Waals surface area (Å²) >= 11 is 0. The number of sulfonamides is 1. The second kappa shape index (κ2) is 13.0. The maximum absolute atomic E-state index is 13.3. The standard InChI is InChI=1S/C27H30F3N5O3S.CH2O2/c1-35(2)23-13-19(18-4-3-5-20(12-18)27(28,29)30)8-9-24(23)38-26-22(17-6-7-17)14-21(15-32-26)39(36,37)34-25-10-11-31-16-33-25;2-1-3/h3-5,10-12,14-17,19,23-24H,6-9,13H2,1-2H3,(H,31,33,34);1H,(H,2,3)/t19-,23-,24-;/m0./s1. The molecule has 10 nitrogen and oxygen atoms in total. The summed E-state index contributed by atoms with van der Waals surface area (Å²) in [7, 11) is -0.0547. The Balaban J connectivity index is 0.00000129. The van der Waals surface area contributed by atoms with E-state index in [2.05, 4.69) is 19.7 Å². The number of likely N-dealkylation sites (N-methyl/N-ethyl adjacent to an activating group) is 1. The van der Waals surface area contributed by atoms with Crippen LogP contribution in [0, 0.1) is 0 Å². The quantitative estimate of drug-likeness (QED) is 0.342. The van der Waals surface area contributed by atoms with Gasteiger partial charge in [-0.2, -0.15) is 13.2 Å². The maximum atomic E-state index is 13.3. The molecule has 3 atom stereocenters. The predicted molar refractivity (Wildman–Crippen MR) is 148 cm³/mol. The van der Waals surface area contributed by atoms with Crippen molar-refractivity contribution in [3.05, 3.63) is 71.8 Å². The van der Waals surface area contributed by atoms with Crippen LogP contribution in [0.4, 0.5) is 19.0 Å². The minimum absolute atomic E-state index is 0.0211. The zero-order valence-electron chi connectivity index (χ0n) is 23.0. The first-order valence-corrected chi connectivity index (χ1v) is 14.8. The molecule has 3 aromatic rings. The van der Waals surface area contributed by atoms with Crippen LogP contribution in [0.5, 0.6) is 5.88 Å². The molecule has 2 aliphatic rings. The average Bonchev–Trinajstić information content (AvgIpc) is 3.79. The third kappa shape index (κ3) is 7.73. The van der Waals surface area contributed by atoms with Crippen LogP contribution in [-0.4, -0.2) is 66.1 Å². The van der Waals surface area contributed by atoms with E-state index in [0.717, 1.165) is 24.5 Å². The molecule has 0 bridgehead atoms. The highest BCUT2D eigenvalue weighted by atomic mass is 32.2. The summed E-state index contributed by atoms with van der Waals surface area (Å²) in [5, 5.41) is 6.89. The van der Waals surface area contributed by atoms with E-state index < -0.39 is 21.8 Å². The fourth-order valence-electron chi connectivity index (χ4n) is 5.14. The van der Waals surface area contributed by atoms with Gasteiger partial charge < -0.3 is 14.7 Å². The van der Waals surface area contributed by atoms with E-state index in [0.29, 0.717) is 30.7 Å². The highest BCUT2D eigenvalue weighted by Crippen LogP contribution is 2.45. The van der Waals surface area contributed by atoms with Crippen LogP contribution < -0.4 is 9.46 Å². The van der Waals surface area contributed by atoms with Gasteiger partial charge in [0.15, 0.2) is 0 Å². The van der Waals surface area contributed by atoms with E-state index in [1.54, 1.807) is 12.1 Å². The molecule has 0 aliphatic heterocycles. The van der Waals surface area contributed by atoms with E-state index in [-0.39, 0.29) is 41.2 Å². The molecule has 0 amide bonds. The number of rotatable bonds is 8. The lowest BCUT2D eigenvalue weighted by atomic mass is 9.79. The van der Waals surface area contributed by atoms with Gasteiger partial charge in [0.25, 0.3) is 16.5 Å². The van der Waals surface area contributed by atoms with Gasteiger partial charge >= 0.3 is 6.18 Å². The number of aromatic nitrogens is 3. The molecule has 2 fully saturated rings. The van der Waals surface area contributed by atoms with Crippen molar-refractivity contribution in [3.63, 3.8) is 0 Å². The van der Waals surface area contributed by atoms with Crippen LogP contribution in [0.3, 0.4) is 0 Å². The van der Waals surface area contributed by atoms with Crippen molar-refractivity contribution in [1.29, 1.82) is 0 Å². The van der Waals surface area contributed by atoms with Crippen molar-refractivity contribution in [3.8, 4) is 5.88 Å². The lowest BCUT2D eigenvalue weighted by Crippen LogP contribution is -2.46. The number of carbonyl (C=O) groups is 1. The third-order valence-corrected chi connectivity index (χ3v) is 8.69. The van der Waals surface area contributed by atoms with Crippen molar-refractivity contribution < 1.29 is 36.2 Å². The number of hydrogen-bond acceptors (Lipinski definition) is 8. The number of carboxylic acid groups (broad SMARTS) is 1. The smallest absolute Gasteiger partial charge is 0.416 e. The van der Waals surface area contributed by atoms with Crippen LogP contribution in [0.15, 0.2) is 60.0 Å². The topological polar surface area (TPSA) is 135 Å². The number of halogens is 3. The molecule has 0 radical (unpaired) electrons. The number of hydrogen-bond donors (Lipinski definition) is 2. The van der Waals surface area contributed by atoms with Gasteiger partial charge in [0, 0.05) is 17.8 Å². The monoisotopic (exact) mass is 607 g/mol. The molecule has 0 saturated heterocycles. The number of nitrogens with zero attached hydrogens (tertiary/aromatic N) is 4. The SMILES string of the molecule is CN(C)[C@H]1C[C@@H](c2cccc(C(F)(F)F)c2)CC[C@@H]1Oc1ncc(S(=O)(=O)Nc2ccncn2)cc1C1CC1.O=CO. The average molecular weight is 608 g/mol. The van der Waals surface area contributed by atoms with Crippen LogP contribution in [0.1, 0.15) is 60.6 Å². The number of pyridine rings is 1. The summed E-state index contributed by atoms with van der Waals surface area (Å²) < 4.78 is 74.7. The van der Waals surface area contributed by atoms with Gasteiger partial charge in [0.1, 0.15) is 23.1 Å². The van der Waals surface area contributed by atoms with Crippen molar-refractivity contribution in [2.45, 2.75) is 67.2 Å². The Morgan fingerprint density at radius 3 is 2.40 bits per heavy atom. The molecule has 5 rings (SSSR count). The molecule has 42 heavy (non-hydrogen) atoms. The number of alkyl halides is 3. The van der Waals surface area contributed by atoms with Crippen molar-refractivity contribution in [1.82, 2.24) is 19.9 Å². The molecule has 2 aromatic heterocycles. The summed E-state index contributed by atoms with van der Waals surface area (Å²) in [6.45, 7) is -0.250. The van der Waals surface area contributed by atoms with E-state index in [4.69, 9.17) is 14.6 Å². The number of nitrogens with one attached hydrogen (secondary N) is 1. The van der Waals surface area contributed by atoms with Gasteiger partial charge in [0.2, 0.25) is 5.88 Å². The fourth-order valence-corrected chi connectivity index (χ4v) is 6.13. The zero-order chi connectivity index (χ0) is 30.5. The van der Waals surface area contributed by atoms with Crippen LogP contribution in [0.2, 0.25) is 0 Å². The van der Waals surface area contributed by atoms with Gasteiger partial charge in [-0.15, -0.1) is 0 Å². The maximum Gasteiger partial charge on any atom is 0.416 e. The van der Waals surface area contributed by atoms with Gasteiger partial charge in [-0.25, -0.2) is 23.4 Å². The third-order valence-electron chi connectivity index (χ3n) is 7.37. The Labute approximate surface area is 242 Å². The summed E-state index contributed by atoms with van der Waals surface area (Å²) in [6.07, 6.45) is 3.12. The number of benzene rings is 1. The van der Waals surface area contributed by atoms with Crippen molar-refractivity contribution in [2.24, 2.45) is 0 Å². The molecule has 226 valence electrons. The van der Waals surface area contributed by atoms with E-state index in [1.807, 2.05) is 19.0 Å². The summed E-state index contributed by atoms with van der Waals surface area (Å²) in [6, 6.07) is 8.58. The first-order chi connectivity index (χ1) is 19.9. The van der Waals surface area contributed by atoms with E-state index in [1.165, 1.54) is 36.9 Å². The summed E-state index contributed by atoms with van der Waals surface area (Å²) in [5.74, 6) is 0.703. The highest BCUT2D eigenvalue weighted by Gasteiger charge is 2.38. The molecule has 1 aromatic carbocycles. The lowest BCUT2D eigenvalue weighted by Gasteiger charge is -2.40. The van der Waals surface area contributed by atoms with Crippen LogP contribution >= 0.6 is 0 Å². The molecular weight excluding hydrogens is 575 g/mol. The molecule has 2 heterocycles. The number of ether oxygens (including phenoxy) is 1. The summed E-state index contributed by atoms with van der Waals surface area (Å²) in [4.78, 5) is 22.6. The molecule has 2 aliphatic carbocycles. The Morgan fingerprint density at radius 1 is 1.07 bits per heavy atom. The molecule has 2 saturated carbocycles. The Bertz CT molecular complexity index is 1470. The van der Waals surface area contributed by atoms with Gasteiger partial charge in [-0.1, -0.05) is 18.2 Å². The van der Waals surface area contributed by atoms with E-state index in [9.17, 15) is 21.6 Å². The minimum atomic E-state index is -4.38. The predicted octanol–water partition coefficient (Wildman–Crippen LogP) is 4.91. The Morgan fingerprint density at radius 2 is 1.79 bits per heavy atom. The molecule has 2 N–H and O–H groups in total. The Kier molecular flexibility index (Phi) is 9.67. The first-order valence-electron chi connectivity index (χ1n) is 13.3. The van der Waals surface area contributed by atoms with Gasteiger partial charge in [-0.3, -0.25) is 9.52 Å². The van der Waals surface area contributed by atoms with Gasteiger partial charge in [-0.05, 0) is 81.8 Å². The first kappa shape index (κ1) is 31.2. The van der Waals surface area contributed by atoms with Crippen molar-refractivity contribution >= 4 is 22.3 Å². The second-order valence-corrected chi connectivity index (χ2v) is 12.1. The summed E-state index contributed by atoms with van der Waals surface area (Å²) in [5.41, 5.74) is 0.790. The number of anilines is 1. The lowest BCUT2D eigenvalue weighted by molar-refractivity contribution is -0.137. The fraction of sp³-hybridized carbons (Fsp3) is 0.429. The largest absolute Gasteiger partial charge is 0.483 e. The molecule has 14 heteroatoms. The zero-order valence-corrected chi connectivity index (χ0v) is 23.8. The Hall–Kier alpha value is -3.78. The van der Waals surface area contributed by atoms with Gasteiger partial charge in [0.05, 0.1) is 11.8 Å². The molecule has 0 unspecified atom stereocenters. The second-order valence-electron chi connectivity index (χ2n) is 10.5. The molecule has 0 spiro atoms. The van der Waals surface area contributed by atoms with Crippen LogP contribution in [0.25, 0.3) is 0 Å². The van der Waals surface area contributed by atoms with E-state index >= 15 is 0 Å². The van der Waals surface area contributed by atoms with Crippen molar-refractivity contribution in [2.75, 3.05) is 18.8 Å². The molecular formula is C28H32F3N5O5S. The van der Waals surface area contributed by atoms with Crippen LogP contribution in [-0.2, 0) is 21.0 Å².